The molecule has 94 valence electrons. The summed E-state index contributed by atoms with van der Waals surface area (Å²) < 4.78 is 0. The van der Waals surface area contributed by atoms with E-state index >= 15 is 0 Å². The lowest BCUT2D eigenvalue weighted by Gasteiger charge is -2.03. The zero-order valence-corrected chi connectivity index (χ0v) is 10.8. The van der Waals surface area contributed by atoms with Crippen molar-refractivity contribution in [3.05, 3.63) is 71.8 Å². The summed E-state index contributed by atoms with van der Waals surface area (Å²) in [5, 5.41) is 0. The molecule has 2 rings (SSSR count). The monoisotopic (exact) mass is 249 g/mol. The molecule has 0 radical (unpaired) electrons. The van der Waals surface area contributed by atoms with Crippen LogP contribution in [0.4, 0.5) is 0 Å². The Hall–Kier alpha value is -2.55. The summed E-state index contributed by atoms with van der Waals surface area (Å²) in [7, 11) is 1.72. The minimum absolute atomic E-state index is 0.574. The molecule has 0 saturated carbocycles. The summed E-state index contributed by atoms with van der Waals surface area (Å²) in [4.78, 5) is 12.7. The maximum atomic E-state index is 4.49. The fourth-order valence-corrected chi connectivity index (χ4v) is 1.71. The minimum Gasteiger partial charge on any atom is -0.270 e. The maximum Gasteiger partial charge on any atom is 0.161 e. The van der Waals surface area contributed by atoms with Crippen molar-refractivity contribution in [2.24, 2.45) is 15.0 Å². The molecule has 0 atom stereocenters. The first-order valence-electron chi connectivity index (χ1n) is 5.98. The van der Waals surface area contributed by atoms with Gasteiger partial charge in [0.15, 0.2) is 11.7 Å². The molecular formula is C16H15N3. The zero-order valence-electron chi connectivity index (χ0n) is 10.8. The van der Waals surface area contributed by atoms with Crippen LogP contribution in [0.3, 0.4) is 0 Å². The van der Waals surface area contributed by atoms with E-state index in [4.69, 9.17) is 0 Å². The van der Waals surface area contributed by atoms with E-state index in [1.165, 1.54) is 0 Å². The molecule has 0 bridgehead atoms. The van der Waals surface area contributed by atoms with Crippen molar-refractivity contribution in [1.29, 1.82) is 0 Å². The third-order valence-corrected chi connectivity index (χ3v) is 2.64. The second-order valence-corrected chi connectivity index (χ2v) is 3.87. The number of hydrogen-bond donors (Lipinski definition) is 0. The van der Waals surface area contributed by atoms with E-state index < -0.39 is 0 Å². The second-order valence-electron chi connectivity index (χ2n) is 3.87. The van der Waals surface area contributed by atoms with E-state index in [0.717, 1.165) is 11.1 Å². The first-order valence-corrected chi connectivity index (χ1v) is 5.98. The Morgan fingerprint density at radius 2 is 1.26 bits per heavy atom. The number of nitrogens with zero attached hydrogens (tertiary/aromatic N) is 3. The molecule has 0 amide bonds. The third kappa shape index (κ3) is 3.22. The second kappa shape index (κ2) is 6.40. The fourth-order valence-electron chi connectivity index (χ4n) is 1.71. The number of benzene rings is 2. The van der Waals surface area contributed by atoms with Crippen LogP contribution >= 0.6 is 0 Å². The molecule has 0 saturated heterocycles. The molecule has 0 aliphatic rings. The van der Waals surface area contributed by atoms with E-state index in [0.29, 0.717) is 11.7 Å². The van der Waals surface area contributed by atoms with Crippen molar-refractivity contribution >= 4 is 18.4 Å². The minimum atomic E-state index is 0.574. The lowest BCUT2D eigenvalue weighted by molar-refractivity contribution is 1.37. The molecule has 0 aliphatic heterocycles. The summed E-state index contributed by atoms with van der Waals surface area (Å²) in [6.45, 7) is 3.58. The number of amidine groups is 2. The molecule has 0 N–H and O–H groups in total. The average molecular weight is 249 g/mol. The first kappa shape index (κ1) is 12.9. The van der Waals surface area contributed by atoms with Crippen LogP contribution in [0.2, 0.25) is 0 Å². The Bertz CT molecular complexity index is 598. The Morgan fingerprint density at radius 1 is 0.789 bits per heavy atom. The van der Waals surface area contributed by atoms with Crippen molar-refractivity contribution in [3.63, 3.8) is 0 Å². The topological polar surface area (TPSA) is 37.1 Å². The van der Waals surface area contributed by atoms with Crippen LogP contribution in [0.25, 0.3) is 0 Å². The summed E-state index contributed by atoms with van der Waals surface area (Å²) in [6, 6.07) is 19.6. The van der Waals surface area contributed by atoms with E-state index in [1.54, 1.807) is 7.05 Å². The smallest absolute Gasteiger partial charge is 0.161 e. The highest BCUT2D eigenvalue weighted by atomic mass is 15.0. The molecular weight excluding hydrogens is 234 g/mol. The van der Waals surface area contributed by atoms with Gasteiger partial charge in [0.05, 0.1) is 0 Å². The number of rotatable bonds is 2. The van der Waals surface area contributed by atoms with Gasteiger partial charge in [-0.3, -0.25) is 4.99 Å². The fraction of sp³-hybridized carbons (Fsp3) is 0.0625. The molecule has 3 nitrogen and oxygen atoms in total. The molecule has 0 unspecified atom stereocenters. The van der Waals surface area contributed by atoms with Gasteiger partial charge in [0, 0.05) is 18.2 Å². The van der Waals surface area contributed by atoms with E-state index in [1.807, 2.05) is 60.7 Å². The van der Waals surface area contributed by atoms with Crippen molar-refractivity contribution in [1.82, 2.24) is 0 Å². The molecule has 0 fully saturated rings. The van der Waals surface area contributed by atoms with Crippen LogP contribution in [-0.2, 0) is 0 Å². The van der Waals surface area contributed by atoms with Crippen molar-refractivity contribution in [3.8, 4) is 0 Å². The van der Waals surface area contributed by atoms with Crippen LogP contribution in [-0.4, -0.2) is 25.4 Å². The normalized spacial score (nSPS) is 12.3. The van der Waals surface area contributed by atoms with Crippen LogP contribution in [0.15, 0.2) is 75.6 Å². The van der Waals surface area contributed by atoms with Gasteiger partial charge in [0.2, 0.25) is 0 Å². The van der Waals surface area contributed by atoms with Gasteiger partial charge in [-0.2, -0.15) is 0 Å². The number of hydrogen-bond acceptors (Lipinski definition) is 1. The summed E-state index contributed by atoms with van der Waals surface area (Å²) in [5.74, 6) is 1.22. The molecule has 3 heteroatoms. The largest absolute Gasteiger partial charge is 0.270 e. The van der Waals surface area contributed by atoms with Gasteiger partial charge < -0.3 is 0 Å². The predicted molar refractivity (Wildman–Crippen MR) is 81.4 cm³/mol. The SMILES string of the molecule is C=N/C(=N\C(=N/C)c1ccccc1)c1ccccc1. The van der Waals surface area contributed by atoms with E-state index in [9.17, 15) is 0 Å². The molecule has 0 aliphatic carbocycles. The highest BCUT2D eigenvalue weighted by Gasteiger charge is 2.04. The van der Waals surface area contributed by atoms with Gasteiger partial charge in [-0.15, -0.1) is 0 Å². The van der Waals surface area contributed by atoms with Crippen molar-refractivity contribution < 1.29 is 0 Å². The Morgan fingerprint density at radius 3 is 1.68 bits per heavy atom. The average Bonchev–Trinajstić information content (AvgIpc) is 2.50. The van der Waals surface area contributed by atoms with Gasteiger partial charge >= 0.3 is 0 Å². The molecule has 19 heavy (non-hydrogen) atoms. The first-order chi connectivity index (χ1) is 9.35. The predicted octanol–water partition coefficient (Wildman–Crippen LogP) is 3.21. The number of aliphatic imine (C=N–C) groups is 3. The Kier molecular flexibility index (Phi) is 4.34. The highest BCUT2D eigenvalue weighted by molar-refractivity contribution is 6.12. The summed E-state index contributed by atoms with van der Waals surface area (Å²) in [6.07, 6.45) is 0. The Labute approximate surface area is 113 Å². The summed E-state index contributed by atoms with van der Waals surface area (Å²) in [5.41, 5.74) is 1.89. The van der Waals surface area contributed by atoms with Crippen LogP contribution in [0.5, 0.6) is 0 Å². The van der Waals surface area contributed by atoms with Crippen LogP contribution < -0.4 is 0 Å². The van der Waals surface area contributed by atoms with Crippen molar-refractivity contribution in [2.75, 3.05) is 7.05 Å². The summed E-state index contributed by atoms with van der Waals surface area (Å²) >= 11 is 0. The third-order valence-electron chi connectivity index (χ3n) is 2.64. The highest BCUT2D eigenvalue weighted by Crippen LogP contribution is 2.07. The van der Waals surface area contributed by atoms with Crippen LogP contribution in [0, 0.1) is 0 Å². The molecule has 2 aromatic carbocycles. The Balaban J connectivity index is 2.40. The van der Waals surface area contributed by atoms with Crippen LogP contribution in [0.1, 0.15) is 11.1 Å². The van der Waals surface area contributed by atoms with Crippen molar-refractivity contribution in [2.45, 2.75) is 0 Å². The van der Waals surface area contributed by atoms with Gasteiger partial charge in [-0.25, -0.2) is 9.98 Å². The zero-order chi connectivity index (χ0) is 13.5. The lowest BCUT2D eigenvalue weighted by atomic mass is 10.2. The van der Waals surface area contributed by atoms with E-state index in [2.05, 4.69) is 21.7 Å². The van der Waals surface area contributed by atoms with E-state index in [-0.39, 0.29) is 0 Å². The van der Waals surface area contributed by atoms with Gasteiger partial charge in [0.1, 0.15) is 0 Å². The molecule has 0 heterocycles. The molecule has 2 aromatic rings. The van der Waals surface area contributed by atoms with Gasteiger partial charge in [0.25, 0.3) is 0 Å². The van der Waals surface area contributed by atoms with Gasteiger partial charge in [-0.1, -0.05) is 60.7 Å². The van der Waals surface area contributed by atoms with Gasteiger partial charge in [-0.05, 0) is 6.72 Å². The quantitative estimate of drug-likeness (QED) is 0.579. The lowest BCUT2D eigenvalue weighted by Crippen LogP contribution is -2.04. The molecule has 0 aromatic heterocycles. The molecule has 0 spiro atoms. The standard InChI is InChI=1S/C16H15N3/c1-17-15(13-9-5-3-6-10-13)19-16(18-2)14-11-7-4-8-12-14/h3-12H,1H2,2H3/b18-16-,19-15-. The maximum absolute atomic E-state index is 4.49.